The lowest BCUT2D eigenvalue weighted by molar-refractivity contribution is -0.122. The van der Waals surface area contributed by atoms with E-state index >= 15 is 0 Å². The molecule has 244 valence electrons. The first kappa shape index (κ1) is 31.7. The first-order chi connectivity index (χ1) is 23.3. The van der Waals surface area contributed by atoms with Crippen molar-refractivity contribution >= 4 is 68.7 Å². The van der Waals surface area contributed by atoms with E-state index in [4.69, 9.17) is 4.74 Å². The Balaban J connectivity index is 1.26. The van der Waals surface area contributed by atoms with Crippen LogP contribution in [0.5, 0.6) is 5.75 Å². The summed E-state index contributed by atoms with van der Waals surface area (Å²) in [5.74, 6) is -1.67. The van der Waals surface area contributed by atoms with Crippen LogP contribution in [0.15, 0.2) is 101 Å². The minimum atomic E-state index is -0.775. The highest BCUT2D eigenvalue weighted by Crippen LogP contribution is 2.54. The van der Waals surface area contributed by atoms with Gasteiger partial charge in [-0.2, -0.15) is 0 Å². The van der Waals surface area contributed by atoms with E-state index in [9.17, 15) is 19.2 Å². The number of ether oxygens (including phenoxy) is 1. The van der Waals surface area contributed by atoms with Crippen molar-refractivity contribution < 1.29 is 19.1 Å². The van der Waals surface area contributed by atoms with Crippen molar-refractivity contribution in [2.24, 2.45) is 5.92 Å². The molecule has 3 heterocycles. The van der Waals surface area contributed by atoms with Crippen molar-refractivity contribution in [2.75, 3.05) is 35.3 Å². The number of aromatic nitrogens is 1. The van der Waals surface area contributed by atoms with Gasteiger partial charge in [-0.1, -0.05) is 65.6 Å². The molecule has 11 heteroatoms. The molecular formula is C37H34N4O5S2. The highest BCUT2D eigenvalue weighted by molar-refractivity contribution is 8.00. The summed E-state index contributed by atoms with van der Waals surface area (Å²) in [6.45, 7) is 5.67. The van der Waals surface area contributed by atoms with Crippen LogP contribution in [-0.2, 0) is 20.9 Å². The van der Waals surface area contributed by atoms with Crippen LogP contribution in [0.25, 0.3) is 10.8 Å². The van der Waals surface area contributed by atoms with Crippen LogP contribution in [0.1, 0.15) is 30.2 Å². The highest BCUT2D eigenvalue weighted by Gasteiger charge is 2.56. The Hall–Kier alpha value is -4.87. The van der Waals surface area contributed by atoms with Crippen molar-refractivity contribution in [3.8, 4) is 5.75 Å². The third kappa shape index (κ3) is 5.56. The molecule has 1 N–H and O–H groups in total. The molecule has 1 fully saturated rings. The van der Waals surface area contributed by atoms with Gasteiger partial charge in [0.05, 0.1) is 23.7 Å². The topological polar surface area (TPSA) is 101 Å². The predicted octanol–water partition coefficient (Wildman–Crippen LogP) is 6.35. The maximum absolute atomic E-state index is 14.2. The summed E-state index contributed by atoms with van der Waals surface area (Å²) in [5, 5.41) is 4.75. The number of carbonyl (C=O) groups excluding carboxylic acids is 3. The molecule has 0 radical (unpaired) electrons. The Kier molecular flexibility index (Phi) is 8.57. The number of anilines is 3. The van der Waals surface area contributed by atoms with Crippen LogP contribution in [0.4, 0.5) is 17.1 Å². The summed E-state index contributed by atoms with van der Waals surface area (Å²) < 4.78 is 6.73. The fourth-order valence-electron chi connectivity index (χ4n) is 6.69. The first-order valence-electron chi connectivity index (χ1n) is 15.9. The summed E-state index contributed by atoms with van der Waals surface area (Å²) in [4.78, 5) is 59.2. The Morgan fingerprint density at radius 3 is 2.27 bits per heavy atom. The quantitative estimate of drug-likeness (QED) is 0.181. The van der Waals surface area contributed by atoms with E-state index in [0.29, 0.717) is 27.0 Å². The number of rotatable bonds is 9. The van der Waals surface area contributed by atoms with Crippen LogP contribution in [0, 0.1) is 5.92 Å². The third-order valence-electron chi connectivity index (χ3n) is 9.10. The summed E-state index contributed by atoms with van der Waals surface area (Å²) in [6, 6.07) is 28.4. The maximum atomic E-state index is 14.2. The minimum absolute atomic E-state index is 0.222. The van der Waals surface area contributed by atoms with Gasteiger partial charge in [0.2, 0.25) is 17.7 Å². The SMILES string of the molecule is CCN(CC)c1ccc(C2c3sc(=O)n(CC(=O)Nc4ccc5ccccc5c4)c3SC3C(=O)N(c4ccc(OC)cc4)C(=O)C32)cc1. The lowest BCUT2D eigenvalue weighted by Gasteiger charge is -2.31. The molecule has 0 aliphatic carbocycles. The van der Waals surface area contributed by atoms with Crippen LogP contribution in [-0.4, -0.2) is 47.7 Å². The second-order valence-corrected chi connectivity index (χ2v) is 13.9. The maximum Gasteiger partial charge on any atom is 0.308 e. The number of benzene rings is 4. The molecule has 48 heavy (non-hydrogen) atoms. The Morgan fingerprint density at radius 2 is 1.58 bits per heavy atom. The number of thioether (sulfide) groups is 1. The van der Waals surface area contributed by atoms with Crippen molar-refractivity contribution in [3.05, 3.63) is 111 Å². The molecule has 5 aromatic rings. The predicted molar refractivity (Wildman–Crippen MR) is 192 cm³/mol. The zero-order chi connectivity index (χ0) is 33.5. The second-order valence-electron chi connectivity index (χ2n) is 11.7. The van der Waals surface area contributed by atoms with Crippen LogP contribution >= 0.6 is 23.1 Å². The van der Waals surface area contributed by atoms with Gasteiger partial charge in [0.25, 0.3) is 0 Å². The molecule has 3 amide bonds. The van der Waals surface area contributed by atoms with Crippen molar-refractivity contribution in [2.45, 2.75) is 36.6 Å². The standard InChI is InChI=1S/C37H34N4O5S2/c1-4-39(5-2)26-14-11-23(12-15-26)30-31-32(35(44)41(34(31)43)27-16-18-28(46-3)19-17-27)47-36-33(30)48-37(45)40(36)21-29(42)38-25-13-10-22-8-6-7-9-24(22)20-25/h6-20,30-32H,4-5,21H2,1-3H3,(H,38,42). The molecule has 0 bridgehead atoms. The van der Waals surface area contributed by atoms with Crippen LogP contribution in [0.3, 0.4) is 0 Å². The van der Waals surface area contributed by atoms with Gasteiger partial charge in [0.15, 0.2) is 0 Å². The van der Waals surface area contributed by atoms with Gasteiger partial charge >= 0.3 is 4.87 Å². The lowest BCUT2D eigenvalue weighted by Crippen LogP contribution is -2.33. The number of imide groups is 1. The number of amides is 3. The van der Waals surface area contributed by atoms with E-state index in [1.54, 1.807) is 31.4 Å². The molecule has 1 aromatic heterocycles. The zero-order valence-corrected chi connectivity index (χ0v) is 28.3. The molecule has 3 atom stereocenters. The molecule has 9 nitrogen and oxygen atoms in total. The smallest absolute Gasteiger partial charge is 0.308 e. The molecule has 2 aliphatic rings. The minimum Gasteiger partial charge on any atom is -0.497 e. The Labute approximate surface area is 286 Å². The van der Waals surface area contributed by atoms with Crippen molar-refractivity contribution in [1.82, 2.24) is 4.57 Å². The van der Waals surface area contributed by atoms with Crippen molar-refractivity contribution in [1.29, 1.82) is 0 Å². The van der Waals surface area contributed by atoms with E-state index in [1.165, 1.54) is 21.2 Å². The van der Waals surface area contributed by atoms with Gasteiger partial charge in [-0.15, -0.1) is 0 Å². The first-order valence-corrected chi connectivity index (χ1v) is 17.6. The van der Waals surface area contributed by atoms with Gasteiger partial charge in [0, 0.05) is 35.3 Å². The van der Waals surface area contributed by atoms with Gasteiger partial charge < -0.3 is 15.0 Å². The number of hydrogen-bond donors (Lipinski definition) is 1. The molecule has 0 spiro atoms. The lowest BCUT2D eigenvalue weighted by atomic mass is 9.83. The molecule has 0 saturated carbocycles. The van der Waals surface area contributed by atoms with E-state index < -0.39 is 17.1 Å². The zero-order valence-electron chi connectivity index (χ0n) is 26.7. The molecule has 3 unspecified atom stereocenters. The fraction of sp³-hybridized carbons (Fsp3) is 0.243. The fourth-order valence-corrected chi connectivity index (χ4v) is 9.47. The van der Waals surface area contributed by atoms with Gasteiger partial charge in [0.1, 0.15) is 17.5 Å². The summed E-state index contributed by atoms with van der Waals surface area (Å²) >= 11 is 2.25. The van der Waals surface area contributed by atoms with Gasteiger partial charge in [-0.05, 0) is 78.7 Å². The number of methoxy groups -OCH3 is 1. The number of fused-ring (bicyclic) bond motifs is 3. The third-order valence-corrected chi connectivity index (χ3v) is 11.7. The van der Waals surface area contributed by atoms with E-state index in [1.807, 2.05) is 66.7 Å². The number of hydrogen-bond acceptors (Lipinski definition) is 8. The second kappa shape index (κ2) is 13.0. The molecule has 4 aromatic carbocycles. The van der Waals surface area contributed by atoms with E-state index in [-0.39, 0.29) is 29.1 Å². The van der Waals surface area contributed by atoms with Gasteiger partial charge in [-0.25, -0.2) is 4.90 Å². The summed E-state index contributed by atoms with van der Waals surface area (Å²) in [7, 11) is 1.56. The van der Waals surface area contributed by atoms with E-state index in [2.05, 4.69) is 24.1 Å². The molecule has 1 saturated heterocycles. The molecule has 2 aliphatic heterocycles. The highest BCUT2D eigenvalue weighted by atomic mass is 32.2. The number of carbonyl (C=O) groups is 3. The van der Waals surface area contributed by atoms with Gasteiger partial charge in [-0.3, -0.25) is 23.7 Å². The van der Waals surface area contributed by atoms with Crippen LogP contribution < -0.4 is 24.7 Å². The van der Waals surface area contributed by atoms with Crippen molar-refractivity contribution in [3.63, 3.8) is 0 Å². The number of nitrogens with one attached hydrogen (secondary N) is 1. The Morgan fingerprint density at radius 1 is 0.875 bits per heavy atom. The average molecular weight is 679 g/mol. The number of nitrogens with zero attached hydrogens (tertiary/aromatic N) is 3. The summed E-state index contributed by atoms with van der Waals surface area (Å²) in [6.07, 6.45) is 0. The Bertz CT molecular complexity index is 2090. The molecule has 7 rings (SSSR count). The largest absolute Gasteiger partial charge is 0.497 e. The van der Waals surface area contributed by atoms with Crippen LogP contribution in [0.2, 0.25) is 0 Å². The average Bonchev–Trinajstić information content (AvgIpc) is 3.55. The summed E-state index contributed by atoms with van der Waals surface area (Å²) in [5.41, 5.74) is 2.98. The number of thiazole rings is 1. The normalized spacial score (nSPS) is 18.5. The monoisotopic (exact) mass is 678 g/mol. The van der Waals surface area contributed by atoms with E-state index in [0.717, 1.165) is 46.4 Å². The molecular weight excluding hydrogens is 645 g/mol.